The molecule has 2 rings (SSSR count). The minimum absolute atomic E-state index is 0.202. The van der Waals surface area contributed by atoms with E-state index >= 15 is 0 Å². The summed E-state index contributed by atoms with van der Waals surface area (Å²) < 4.78 is 27.4. The van der Waals surface area contributed by atoms with Gasteiger partial charge in [0.05, 0.1) is 0 Å². The van der Waals surface area contributed by atoms with Gasteiger partial charge in [-0.3, -0.25) is 4.90 Å². The summed E-state index contributed by atoms with van der Waals surface area (Å²) in [6.07, 6.45) is 1.10. The molecule has 2 unspecified atom stereocenters. The number of rotatable bonds is 4. The molecule has 1 saturated heterocycles. The monoisotopic (exact) mass is 297 g/mol. The Bertz CT molecular complexity index is 467. The molecule has 1 N–H and O–H groups in total. The van der Waals surface area contributed by atoms with E-state index in [1.807, 2.05) is 0 Å². The van der Waals surface area contributed by atoms with Crippen LogP contribution in [0.3, 0.4) is 0 Å². The summed E-state index contributed by atoms with van der Waals surface area (Å²) in [6.45, 7) is 5.95. The Morgan fingerprint density at radius 3 is 2.81 bits per heavy atom. The molecule has 1 aliphatic rings. The summed E-state index contributed by atoms with van der Waals surface area (Å²) in [7, 11) is 3.92. The lowest BCUT2D eigenvalue weighted by molar-refractivity contribution is 0.183. The SMILES string of the molecule is CNC(CN1CCCN(C)CC1C)c1cccc(F)c1F. The number of hydrogen-bond donors (Lipinski definition) is 1. The molecule has 1 heterocycles. The van der Waals surface area contributed by atoms with E-state index in [9.17, 15) is 8.78 Å². The molecule has 0 saturated carbocycles. The van der Waals surface area contributed by atoms with Gasteiger partial charge < -0.3 is 10.2 Å². The number of hydrogen-bond acceptors (Lipinski definition) is 3. The van der Waals surface area contributed by atoms with Crippen LogP contribution < -0.4 is 5.32 Å². The Morgan fingerprint density at radius 2 is 2.10 bits per heavy atom. The average molecular weight is 297 g/mol. The van der Waals surface area contributed by atoms with Gasteiger partial charge in [0, 0.05) is 30.7 Å². The molecule has 0 amide bonds. The molecule has 5 heteroatoms. The van der Waals surface area contributed by atoms with Gasteiger partial charge in [0.2, 0.25) is 0 Å². The van der Waals surface area contributed by atoms with Crippen molar-refractivity contribution in [1.82, 2.24) is 15.1 Å². The first-order valence-corrected chi connectivity index (χ1v) is 7.56. The molecule has 0 aliphatic carbocycles. The van der Waals surface area contributed by atoms with Gasteiger partial charge in [0.1, 0.15) is 0 Å². The molecule has 1 aromatic carbocycles. The van der Waals surface area contributed by atoms with E-state index < -0.39 is 11.6 Å². The van der Waals surface area contributed by atoms with E-state index in [0.717, 1.165) is 32.1 Å². The average Bonchev–Trinajstić information content (AvgIpc) is 2.60. The van der Waals surface area contributed by atoms with Crippen molar-refractivity contribution < 1.29 is 8.78 Å². The molecule has 2 atom stereocenters. The van der Waals surface area contributed by atoms with Crippen molar-refractivity contribution in [2.45, 2.75) is 25.4 Å². The lowest BCUT2D eigenvalue weighted by atomic mass is 10.0. The molecule has 0 spiro atoms. The van der Waals surface area contributed by atoms with Crippen LogP contribution in [0.4, 0.5) is 8.78 Å². The molecule has 0 aromatic heterocycles. The second-order valence-electron chi connectivity index (χ2n) is 5.94. The summed E-state index contributed by atoms with van der Waals surface area (Å²) in [5, 5.41) is 3.12. The quantitative estimate of drug-likeness (QED) is 0.919. The van der Waals surface area contributed by atoms with E-state index in [2.05, 4.69) is 29.1 Å². The van der Waals surface area contributed by atoms with Gasteiger partial charge in [-0.05, 0) is 46.6 Å². The minimum atomic E-state index is -0.781. The van der Waals surface area contributed by atoms with Crippen LogP contribution in [0.5, 0.6) is 0 Å². The third kappa shape index (κ3) is 3.99. The first-order valence-electron chi connectivity index (χ1n) is 7.56. The number of likely N-dealkylation sites (N-methyl/N-ethyl adjacent to an activating group) is 2. The topological polar surface area (TPSA) is 18.5 Å². The van der Waals surface area contributed by atoms with Crippen LogP contribution >= 0.6 is 0 Å². The molecule has 1 aromatic rings. The van der Waals surface area contributed by atoms with Crippen LogP contribution in [0, 0.1) is 11.6 Å². The zero-order valence-electron chi connectivity index (χ0n) is 13.1. The first-order chi connectivity index (χ1) is 10.0. The first kappa shape index (κ1) is 16.3. The summed E-state index contributed by atoms with van der Waals surface area (Å²) >= 11 is 0. The molecule has 3 nitrogen and oxygen atoms in total. The zero-order valence-corrected chi connectivity index (χ0v) is 13.1. The Labute approximate surface area is 125 Å². The van der Waals surface area contributed by atoms with Crippen LogP contribution in [0.1, 0.15) is 24.9 Å². The summed E-state index contributed by atoms with van der Waals surface area (Å²) in [5.41, 5.74) is 0.405. The lowest BCUT2D eigenvalue weighted by Crippen LogP contribution is -2.42. The van der Waals surface area contributed by atoms with Crippen LogP contribution in [-0.2, 0) is 0 Å². The number of halogens is 2. The molecule has 0 radical (unpaired) electrons. The predicted octanol–water partition coefficient (Wildman–Crippen LogP) is 2.25. The maximum Gasteiger partial charge on any atom is 0.163 e. The van der Waals surface area contributed by atoms with E-state index in [4.69, 9.17) is 0 Å². The van der Waals surface area contributed by atoms with Crippen molar-refractivity contribution >= 4 is 0 Å². The standard InChI is InChI=1S/C16H25F2N3/c1-12-10-20(3)8-5-9-21(12)11-15(19-2)13-6-4-7-14(17)16(13)18/h4,6-7,12,15,19H,5,8-11H2,1-3H3. The molecular weight excluding hydrogens is 272 g/mol. The fraction of sp³-hybridized carbons (Fsp3) is 0.625. The minimum Gasteiger partial charge on any atom is -0.312 e. The smallest absolute Gasteiger partial charge is 0.163 e. The third-order valence-corrected chi connectivity index (χ3v) is 4.31. The highest BCUT2D eigenvalue weighted by molar-refractivity contribution is 5.23. The fourth-order valence-corrected chi connectivity index (χ4v) is 3.06. The zero-order chi connectivity index (χ0) is 15.4. The molecule has 1 aliphatic heterocycles. The molecule has 118 valence electrons. The second-order valence-corrected chi connectivity index (χ2v) is 5.94. The van der Waals surface area contributed by atoms with Gasteiger partial charge >= 0.3 is 0 Å². The fourth-order valence-electron chi connectivity index (χ4n) is 3.06. The normalized spacial score (nSPS) is 23.0. The van der Waals surface area contributed by atoms with Crippen molar-refractivity contribution in [2.24, 2.45) is 0 Å². The van der Waals surface area contributed by atoms with Crippen molar-refractivity contribution in [2.75, 3.05) is 40.3 Å². The summed E-state index contributed by atoms with van der Waals surface area (Å²) in [4.78, 5) is 4.68. The molecule has 21 heavy (non-hydrogen) atoms. The Morgan fingerprint density at radius 1 is 1.33 bits per heavy atom. The predicted molar refractivity (Wildman–Crippen MR) is 81.3 cm³/mol. The lowest BCUT2D eigenvalue weighted by Gasteiger charge is -2.31. The highest BCUT2D eigenvalue weighted by Crippen LogP contribution is 2.21. The van der Waals surface area contributed by atoms with Gasteiger partial charge in [-0.1, -0.05) is 12.1 Å². The maximum absolute atomic E-state index is 14.0. The maximum atomic E-state index is 14.0. The van der Waals surface area contributed by atoms with Gasteiger partial charge in [0.25, 0.3) is 0 Å². The summed E-state index contributed by atoms with van der Waals surface area (Å²) in [5.74, 6) is -1.52. The van der Waals surface area contributed by atoms with Crippen LogP contribution in [0.2, 0.25) is 0 Å². The van der Waals surface area contributed by atoms with Gasteiger partial charge in [0.15, 0.2) is 11.6 Å². The van der Waals surface area contributed by atoms with E-state index in [1.54, 1.807) is 19.2 Å². The number of nitrogens with one attached hydrogen (secondary N) is 1. The van der Waals surface area contributed by atoms with Crippen molar-refractivity contribution in [1.29, 1.82) is 0 Å². The van der Waals surface area contributed by atoms with Crippen molar-refractivity contribution in [3.63, 3.8) is 0 Å². The largest absolute Gasteiger partial charge is 0.312 e. The van der Waals surface area contributed by atoms with Crippen molar-refractivity contribution in [3.8, 4) is 0 Å². The Kier molecular flexibility index (Phi) is 5.67. The Hall–Kier alpha value is -1.04. The Balaban J connectivity index is 2.13. The van der Waals surface area contributed by atoms with E-state index in [-0.39, 0.29) is 6.04 Å². The highest BCUT2D eigenvalue weighted by Gasteiger charge is 2.24. The van der Waals surface area contributed by atoms with Crippen LogP contribution in [-0.4, -0.2) is 56.1 Å². The van der Waals surface area contributed by atoms with Crippen LogP contribution in [0.25, 0.3) is 0 Å². The van der Waals surface area contributed by atoms with Gasteiger partial charge in [-0.2, -0.15) is 0 Å². The third-order valence-electron chi connectivity index (χ3n) is 4.31. The number of nitrogens with zero attached hydrogens (tertiary/aromatic N) is 2. The molecule has 1 fully saturated rings. The van der Waals surface area contributed by atoms with Crippen molar-refractivity contribution in [3.05, 3.63) is 35.4 Å². The summed E-state index contributed by atoms with van der Waals surface area (Å²) in [6, 6.07) is 4.59. The number of benzene rings is 1. The molecular formula is C16H25F2N3. The van der Waals surface area contributed by atoms with Crippen LogP contribution in [0.15, 0.2) is 18.2 Å². The van der Waals surface area contributed by atoms with Gasteiger partial charge in [-0.15, -0.1) is 0 Å². The van der Waals surface area contributed by atoms with E-state index in [1.165, 1.54) is 0 Å². The van der Waals surface area contributed by atoms with E-state index in [0.29, 0.717) is 18.2 Å². The highest BCUT2D eigenvalue weighted by atomic mass is 19.2. The molecule has 0 bridgehead atoms. The van der Waals surface area contributed by atoms with Gasteiger partial charge in [-0.25, -0.2) is 8.78 Å². The second kappa shape index (κ2) is 7.29.